The summed E-state index contributed by atoms with van der Waals surface area (Å²) in [6.45, 7) is 10.3. The summed E-state index contributed by atoms with van der Waals surface area (Å²) in [4.78, 5) is 30.6. The summed E-state index contributed by atoms with van der Waals surface area (Å²) in [5, 5.41) is 20.9. The van der Waals surface area contributed by atoms with Crippen molar-refractivity contribution in [2.75, 3.05) is 63.9 Å². The van der Waals surface area contributed by atoms with Gasteiger partial charge in [-0.15, -0.1) is 0 Å². The molecule has 2 heterocycles. The largest absolute Gasteiger partial charge is 0.379 e. The van der Waals surface area contributed by atoms with Gasteiger partial charge in [0.15, 0.2) is 0 Å². The summed E-state index contributed by atoms with van der Waals surface area (Å²) in [6.07, 6.45) is 1.33. The second-order valence-electron chi connectivity index (χ2n) is 8.97. The number of nitrogens with zero attached hydrogens (tertiary/aromatic N) is 5. The van der Waals surface area contributed by atoms with Gasteiger partial charge in [0.05, 0.1) is 30.6 Å². The van der Waals surface area contributed by atoms with Gasteiger partial charge in [0, 0.05) is 57.4 Å². The first-order valence-corrected chi connectivity index (χ1v) is 11.4. The van der Waals surface area contributed by atoms with Gasteiger partial charge in [0.1, 0.15) is 5.69 Å². The number of rotatable bonds is 8. The van der Waals surface area contributed by atoms with Crippen LogP contribution in [0.15, 0.2) is 18.2 Å². The number of ether oxygens (including phenoxy) is 1. The van der Waals surface area contributed by atoms with Gasteiger partial charge in [-0.1, -0.05) is 13.8 Å². The molecule has 0 aromatic heterocycles. The highest BCUT2D eigenvalue weighted by Gasteiger charge is 2.28. The van der Waals surface area contributed by atoms with Gasteiger partial charge >= 0.3 is 0 Å². The van der Waals surface area contributed by atoms with Crippen LogP contribution < -0.4 is 4.90 Å². The summed E-state index contributed by atoms with van der Waals surface area (Å²) >= 11 is 0. The number of anilines is 1. The summed E-state index contributed by atoms with van der Waals surface area (Å²) < 4.78 is 5.37. The van der Waals surface area contributed by atoms with Crippen LogP contribution in [0.3, 0.4) is 0 Å². The fraction of sp³-hybridized carbons (Fsp3) is 0.652. The van der Waals surface area contributed by atoms with Crippen molar-refractivity contribution in [1.82, 2.24) is 9.80 Å². The van der Waals surface area contributed by atoms with Crippen LogP contribution in [0.2, 0.25) is 0 Å². The first-order valence-electron chi connectivity index (χ1n) is 11.4. The average Bonchev–Trinajstić information content (AvgIpc) is 2.78. The quantitative estimate of drug-likeness (QED) is 0.449. The molecular weight excluding hydrogens is 410 g/mol. The lowest BCUT2D eigenvalue weighted by atomic mass is 9.91. The van der Waals surface area contributed by atoms with Gasteiger partial charge in [-0.25, -0.2) is 0 Å². The summed E-state index contributed by atoms with van der Waals surface area (Å²) in [6, 6.07) is 6.88. The number of nitriles is 1. The van der Waals surface area contributed by atoms with E-state index in [1.54, 1.807) is 17.0 Å². The van der Waals surface area contributed by atoms with Crippen molar-refractivity contribution in [2.24, 2.45) is 11.8 Å². The number of hydrogen-bond donors (Lipinski definition) is 0. The Hall–Kier alpha value is -2.70. The molecule has 0 N–H and O–H groups in total. The van der Waals surface area contributed by atoms with Gasteiger partial charge < -0.3 is 14.5 Å². The molecule has 0 saturated carbocycles. The molecule has 2 aliphatic rings. The zero-order chi connectivity index (χ0) is 23.1. The average molecular weight is 444 g/mol. The molecule has 2 saturated heterocycles. The molecule has 0 radical (unpaired) electrons. The van der Waals surface area contributed by atoms with E-state index in [1.165, 1.54) is 6.07 Å². The molecule has 2 fully saturated rings. The number of carbonyl (C=O) groups is 1. The van der Waals surface area contributed by atoms with E-state index in [1.807, 2.05) is 0 Å². The normalized spacial score (nSPS) is 21.7. The zero-order valence-electron chi connectivity index (χ0n) is 19.0. The van der Waals surface area contributed by atoms with Crippen molar-refractivity contribution in [3.8, 4) is 6.07 Å². The van der Waals surface area contributed by atoms with Crippen molar-refractivity contribution in [1.29, 1.82) is 5.26 Å². The molecule has 174 valence electrons. The lowest BCUT2D eigenvalue weighted by molar-refractivity contribution is -0.384. The number of benzene rings is 1. The molecule has 32 heavy (non-hydrogen) atoms. The molecule has 9 nitrogen and oxygen atoms in total. The Labute approximate surface area is 189 Å². The van der Waals surface area contributed by atoms with Crippen molar-refractivity contribution < 1.29 is 14.5 Å². The Morgan fingerprint density at radius 3 is 2.56 bits per heavy atom. The lowest BCUT2D eigenvalue weighted by Crippen LogP contribution is -2.43. The van der Waals surface area contributed by atoms with E-state index >= 15 is 0 Å². The smallest absolute Gasteiger partial charge is 0.293 e. The van der Waals surface area contributed by atoms with Gasteiger partial charge in [-0.2, -0.15) is 5.26 Å². The van der Waals surface area contributed by atoms with E-state index in [9.17, 15) is 14.9 Å². The lowest BCUT2D eigenvalue weighted by Gasteiger charge is -2.36. The van der Waals surface area contributed by atoms with Crippen molar-refractivity contribution in [3.63, 3.8) is 0 Å². The Balaban J connectivity index is 1.78. The molecule has 0 spiro atoms. The van der Waals surface area contributed by atoms with Crippen molar-refractivity contribution in [3.05, 3.63) is 33.9 Å². The summed E-state index contributed by atoms with van der Waals surface area (Å²) in [5.41, 5.74) is 0.825. The molecule has 1 amide bonds. The first kappa shape index (κ1) is 24.0. The monoisotopic (exact) mass is 443 g/mol. The number of hydrogen-bond acceptors (Lipinski definition) is 7. The first-order chi connectivity index (χ1) is 15.4. The van der Waals surface area contributed by atoms with E-state index in [2.05, 4.69) is 29.7 Å². The molecule has 9 heteroatoms. The minimum Gasteiger partial charge on any atom is -0.379 e. The van der Waals surface area contributed by atoms with Crippen LogP contribution in [0.25, 0.3) is 0 Å². The van der Waals surface area contributed by atoms with E-state index in [0.717, 1.165) is 32.6 Å². The predicted octanol–water partition coefficient (Wildman–Crippen LogP) is 2.77. The van der Waals surface area contributed by atoms with Gasteiger partial charge in [-0.3, -0.25) is 19.8 Å². The molecule has 0 bridgehead atoms. The molecule has 0 aliphatic carbocycles. The third-order valence-electron chi connectivity index (χ3n) is 6.20. The van der Waals surface area contributed by atoms with E-state index in [4.69, 9.17) is 10.00 Å². The third-order valence-corrected chi connectivity index (χ3v) is 6.20. The van der Waals surface area contributed by atoms with Crippen molar-refractivity contribution >= 4 is 17.3 Å². The second kappa shape index (κ2) is 11.2. The summed E-state index contributed by atoms with van der Waals surface area (Å²) in [5.74, 6) is 0.645. The predicted molar refractivity (Wildman–Crippen MR) is 122 cm³/mol. The molecule has 1 aromatic carbocycles. The Kier molecular flexibility index (Phi) is 8.42. The van der Waals surface area contributed by atoms with Gasteiger partial charge in [0.2, 0.25) is 0 Å². The number of carbonyl (C=O) groups excluding carboxylic acids is 1. The van der Waals surface area contributed by atoms with Crippen LogP contribution >= 0.6 is 0 Å². The number of morpholine rings is 1. The molecule has 1 aromatic rings. The van der Waals surface area contributed by atoms with Crippen molar-refractivity contribution in [2.45, 2.75) is 26.7 Å². The van der Waals surface area contributed by atoms with E-state index < -0.39 is 4.92 Å². The van der Waals surface area contributed by atoms with Crippen LogP contribution in [-0.2, 0) is 4.74 Å². The topological polar surface area (TPSA) is 103 Å². The Morgan fingerprint density at radius 2 is 1.94 bits per heavy atom. The number of nitro benzene ring substituents is 1. The van der Waals surface area contributed by atoms with Crippen LogP contribution in [-0.4, -0.2) is 79.7 Å². The minimum atomic E-state index is -0.399. The Bertz CT molecular complexity index is 839. The minimum absolute atomic E-state index is 0.0365. The third kappa shape index (κ3) is 6.17. The molecular formula is C23H33N5O4. The number of nitro groups is 1. The van der Waals surface area contributed by atoms with Crippen LogP contribution in [0.1, 0.15) is 37.0 Å². The molecule has 2 unspecified atom stereocenters. The van der Waals surface area contributed by atoms with Gasteiger partial charge in [-0.05, 0) is 30.4 Å². The highest BCUT2D eigenvalue weighted by Crippen LogP contribution is 2.34. The summed E-state index contributed by atoms with van der Waals surface area (Å²) in [7, 11) is 0. The highest BCUT2D eigenvalue weighted by atomic mass is 16.6. The fourth-order valence-electron chi connectivity index (χ4n) is 4.70. The second-order valence-corrected chi connectivity index (χ2v) is 8.97. The van der Waals surface area contributed by atoms with E-state index in [-0.39, 0.29) is 18.0 Å². The van der Waals surface area contributed by atoms with Crippen LogP contribution in [0, 0.1) is 33.3 Å². The Morgan fingerprint density at radius 1 is 1.25 bits per heavy atom. The maximum atomic E-state index is 13.2. The standard InChI is InChI=1S/C23H33N5O4/c1-18-14-19(2)17-27(16-18)21-5-4-20(15-22(21)28(30)31)23(29)26(7-3-6-24)9-8-25-10-12-32-13-11-25/h4-5,15,18-19H,3,7-14,16-17H2,1-2H3. The maximum absolute atomic E-state index is 13.2. The SMILES string of the molecule is CC1CC(C)CN(c2ccc(C(=O)N(CCC#N)CCN3CCOCC3)cc2[N+](=O)[O-])C1. The van der Waals surface area contributed by atoms with Gasteiger partial charge in [0.25, 0.3) is 11.6 Å². The number of piperidine rings is 1. The number of amides is 1. The fourth-order valence-corrected chi connectivity index (χ4v) is 4.70. The zero-order valence-corrected chi connectivity index (χ0v) is 19.0. The molecule has 2 aliphatic heterocycles. The molecule has 3 rings (SSSR count). The van der Waals surface area contributed by atoms with E-state index in [0.29, 0.717) is 55.9 Å². The molecule has 2 atom stereocenters. The van der Waals surface area contributed by atoms with Crippen LogP contribution in [0.4, 0.5) is 11.4 Å². The van der Waals surface area contributed by atoms with Crippen LogP contribution in [0.5, 0.6) is 0 Å². The maximum Gasteiger partial charge on any atom is 0.293 e. The highest BCUT2D eigenvalue weighted by molar-refractivity contribution is 5.95.